The van der Waals surface area contributed by atoms with Crippen molar-refractivity contribution >= 4 is 22.4 Å². The Labute approximate surface area is 151 Å². The molecule has 0 saturated heterocycles. The lowest BCUT2D eigenvalue weighted by molar-refractivity contribution is 0.0953. The average molecular weight is 346 g/mol. The van der Waals surface area contributed by atoms with Gasteiger partial charge in [-0.05, 0) is 47.5 Å². The van der Waals surface area contributed by atoms with E-state index in [1.54, 1.807) is 18.2 Å². The second-order valence-electron chi connectivity index (χ2n) is 6.06. The number of rotatable bonds is 3. The van der Waals surface area contributed by atoms with Crippen LogP contribution in [0.25, 0.3) is 10.8 Å². The predicted octanol–water partition coefficient (Wildman–Crippen LogP) is 3.77. The highest BCUT2D eigenvalue weighted by Crippen LogP contribution is 2.30. The maximum absolute atomic E-state index is 12.4. The largest absolute Gasteiger partial charge is 0.486 e. The summed E-state index contributed by atoms with van der Waals surface area (Å²) in [5, 5.41) is 6.54. The minimum Gasteiger partial charge on any atom is -0.486 e. The molecule has 0 spiro atoms. The molecule has 0 aromatic heterocycles. The highest BCUT2D eigenvalue weighted by atomic mass is 16.6. The van der Waals surface area contributed by atoms with Crippen molar-refractivity contribution in [2.24, 2.45) is 5.10 Å². The first kappa shape index (κ1) is 16.1. The number of hydrogen-bond donors (Lipinski definition) is 1. The van der Waals surface area contributed by atoms with Gasteiger partial charge < -0.3 is 9.47 Å². The zero-order chi connectivity index (χ0) is 17.9. The van der Waals surface area contributed by atoms with Gasteiger partial charge in [-0.2, -0.15) is 5.10 Å². The van der Waals surface area contributed by atoms with E-state index in [0.717, 1.165) is 16.7 Å². The van der Waals surface area contributed by atoms with E-state index in [4.69, 9.17) is 9.47 Å². The molecule has 0 unspecified atom stereocenters. The molecule has 130 valence electrons. The number of nitrogens with zero attached hydrogens (tertiary/aromatic N) is 1. The van der Waals surface area contributed by atoms with Crippen LogP contribution in [0.1, 0.15) is 22.8 Å². The van der Waals surface area contributed by atoms with E-state index in [-0.39, 0.29) is 5.91 Å². The van der Waals surface area contributed by atoms with E-state index in [9.17, 15) is 4.79 Å². The third-order valence-electron chi connectivity index (χ3n) is 4.30. The summed E-state index contributed by atoms with van der Waals surface area (Å²) in [7, 11) is 0. The standard InChI is InChI=1S/C21H18N2O3/c1-14(16-7-6-15-4-2-3-5-17(15)12-16)22-23-21(24)18-8-9-19-20(13-18)26-11-10-25-19/h2-9,12-13H,10-11H2,1H3,(H,23,24). The van der Waals surface area contributed by atoms with E-state index >= 15 is 0 Å². The number of nitrogens with one attached hydrogen (secondary N) is 1. The van der Waals surface area contributed by atoms with Crippen molar-refractivity contribution in [3.63, 3.8) is 0 Å². The molecule has 3 aromatic rings. The van der Waals surface area contributed by atoms with Crippen LogP contribution in [-0.4, -0.2) is 24.8 Å². The quantitative estimate of drug-likeness (QED) is 0.580. The van der Waals surface area contributed by atoms with Crippen LogP contribution in [0.4, 0.5) is 0 Å². The lowest BCUT2D eigenvalue weighted by atomic mass is 10.0. The van der Waals surface area contributed by atoms with Crippen LogP contribution in [0.15, 0.2) is 65.8 Å². The number of carbonyl (C=O) groups excluding carboxylic acids is 1. The van der Waals surface area contributed by atoms with Gasteiger partial charge in [-0.3, -0.25) is 4.79 Å². The van der Waals surface area contributed by atoms with Gasteiger partial charge in [-0.1, -0.05) is 36.4 Å². The lowest BCUT2D eigenvalue weighted by Gasteiger charge is -2.18. The molecule has 0 atom stereocenters. The molecule has 1 aliphatic heterocycles. The molecule has 0 fully saturated rings. The Hall–Kier alpha value is -3.34. The molecule has 26 heavy (non-hydrogen) atoms. The fraction of sp³-hybridized carbons (Fsp3) is 0.143. The molecule has 1 aliphatic rings. The van der Waals surface area contributed by atoms with Crippen molar-refractivity contribution in [2.75, 3.05) is 13.2 Å². The molecular weight excluding hydrogens is 328 g/mol. The molecule has 5 nitrogen and oxygen atoms in total. The molecule has 3 aromatic carbocycles. The number of hydrazone groups is 1. The van der Waals surface area contributed by atoms with Gasteiger partial charge in [-0.25, -0.2) is 5.43 Å². The van der Waals surface area contributed by atoms with Crippen LogP contribution in [-0.2, 0) is 0 Å². The summed E-state index contributed by atoms with van der Waals surface area (Å²) in [4.78, 5) is 12.4. The smallest absolute Gasteiger partial charge is 0.271 e. The number of fused-ring (bicyclic) bond motifs is 2. The summed E-state index contributed by atoms with van der Waals surface area (Å²) >= 11 is 0. The number of amides is 1. The van der Waals surface area contributed by atoms with Crippen molar-refractivity contribution in [3.8, 4) is 11.5 Å². The molecular formula is C21H18N2O3. The fourth-order valence-corrected chi connectivity index (χ4v) is 2.86. The molecule has 0 aliphatic carbocycles. The number of ether oxygens (including phenoxy) is 2. The minimum absolute atomic E-state index is 0.290. The van der Waals surface area contributed by atoms with Gasteiger partial charge in [-0.15, -0.1) is 0 Å². The molecule has 0 radical (unpaired) electrons. The Morgan fingerprint density at radius 3 is 2.46 bits per heavy atom. The molecule has 0 bridgehead atoms. The molecule has 0 saturated carbocycles. The molecule has 1 N–H and O–H groups in total. The molecule has 1 amide bonds. The first-order valence-corrected chi connectivity index (χ1v) is 8.44. The summed E-state index contributed by atoms with van der Waals surface area (Å²) < 4.78 is 11.0. The lowest BCUT2D eigenvalue weighted by Crippen LogP contribution is -2.20. The maximum Gasteiger partial charge on any atom is 0.271 e. The van der Waals surface area contributed by atoms with E-state index < -0.39 is 0 Å². The van der Waals surface area contributed by atoms with Crippen LogP contribution in [0.2, 0.25) is 0 Å². The SMILES string of the molecule is CC(=NNC(=O)c1ccc2c(c1)OCCO2)c1ccc2ccccc2c1. The fourth-order valence-electron chi connectivity index (χ4n) is 2.86. The molecule has 1 heterocycles. The summed E-state index contributed by atoms with van der Waals surface area (Å²) in [6, 6.07) is 19.3. The van der Waals surface area contributed by atoms with Crippen molar-refractivity contribution in [1.29, 1.82) is 0 Å². The van der Waals surface area contributed by atoms with E-state index in [1.165, 1.54) is 5.39 Å². The van der Waals surface area contributed by atoms with Gasteiger partial charge in [0.2, 0.25) is 0 Å². The minimum atomic E-state index is -0.290. The Bertz CT molecular complexity index is 1010. The van der Waals surface area contributed by atoms with Gasteiger partial charge in [0.15, 0.2) is 11.5 Å². The van der Waals surface area contributed by atoms with Gasteiger partial charge >= 0.3 is 0 Å². The average Bonchev–Trinajstić information content (AvgIpc) is 2.71. The number of carbonyl (C=O) groups is 1. The Balaban J connectivity index is 1.51. The Morgan fingerprint density at radius 2 is 1.62 bits per heavy atom. The van der Waals surface area contributed by atoms with Crippen molar-refractivity contribution in [2.45, 2.75) is 6.92 Å². The van der Waals surface area contributed by atoms with Crippen molar-refractivity contribution < 1.29 is 14.3 Å². The highest BCUT2D eigenvalue weighted by Gasteiger charge is 2.14. The van der Waals surface area contributed by atoms with Crippen LogP contribution in [0, 0.1) is 0 Å². The van der Waals surface area contributed by atoms with E-state index in [0.29, 0.717) is 30.3 Å². The summed E-state index contributed by atoms with van der Waals surface area (Å²) in [5.41, 5.74) is 4.78. The van der Waals surface area contributed by atoms with Crippen LogP contribution >= 0.6 is 0 Å². The molecule has 5 heteroatoms. The Kier molecular flexibility index (Phi) is 4.27. The second-order valence-corrected chi connectivity index (χ2v) is 6.06. The summed E-state index contributed by atoms with van der Waals surface area (Å²) in [5.74, 6) is 0.949. The zero-order valence-electron chi connectivity index (χ0n) is 14.4. The second kappa shape index (κ2) is 6.88. The van der Waals surface area contributed by atoms with E-state index in [2.05, 4.69) is 28.7 Å². The third kappa shape index (κ3) is 3.24. The predicted molar refractivity (Wildman–Crippen MR) is 101 cm³/mol. The van der Waals surface area contributed by atoms with Crippen LogP contribution in [0.3, 0.4) is 0 Å². The summed E-state index contributed by atoms with van der Waals surface area (Å²) in [6.45, 7) is 2.87. The number of benzene rings is 3. The first-order valence-electron chi connectivity index (χ1n) is 8.44. The highest BCUT2D eigenvalue weighted by molar-refractivity contribution is 6.03. The summed E-state index contributed by atoms with van der Waals surface area (Å²) in [6.07, 6.45) is 0. The normalized spacial score (nSPS) is 13.5. The van der Waals surface area contributed by atoms with E-state index in [1.807, 2.05) is 31.2 Å². The van der Waals surface area contributed by atoms with Crippen LogP contribution < -0.4 is 14.9 Å². The van der Waals surface area contributed by atoms with Gasteiger partial charge in [0.25, 0.3) is 5.91 Å². The van der Waals surface area contributed by atoms with Crippen molar-refractivity contribution in [1.82, 2.24) is 5.43 Å². The van der Waals surface area contributed by atoms with Crippen LogP contribution in [0.5, 0.6) is 11.5 Å². The topological polar surface area (TPSA) is 59.9 Å². The Morgan fingerprint density at radius 1 is 0.885 bits per heavy atom. The monoisotopic (exact) mass is 346 g/mol. The first-order chi connectivity index (χ1) is 12.7. The maximum atomic E-state index is 12.4. The van der Waals surface area contributed by atoms with Gasteiger partial charge in [0, 0.05) is 5.56 Å². The molecule has 4 rings (SSSR count). The van der Waals surface area contributed by atoms with Gasteiger partial charge in [0.1, 0.15) is 13.2 Å². The van der Waals surface area contributed by atoms with Gasteiger partial charge in [0.05, 0.1) is 5.71 Å². The van der Waals surface area contributed by atoms with Crippen molar-refractivity contribution in [3.05, 3.63) is 71.8 Å². The third-order valence-corrected chi connectivity index (χ3v) is 4.30. The number of hydrogen-bond acceptors (Lipinski definition) is 4. The zero-order valence-corrected chi connectivity index (χ0v) is 14.4.